The van der Waals surface area contributed by atoms with Crippen molar-refractivity contribution in [3.05, 3.63) is 28.8 Å². The zero-order valence-electron chi connectivity index (χ0n) is 12.6. The fourth-order valence-corrected chi connectivity index (χ4v) is 2.68. The maximum Gasteiger partial charge on any atom is 0.0715 e. The summed E-state index contributed by atoms with van der Waals surface area (Å²) in [6.45, 7) is 8.97. The molecule has 0 radical (unpaired) electrons. The van der Waals surface area contributed by atoms with E-state index in [9.17, 15) is 5.11 Å². The summed E-state index contributed by atoms with van der Waals surface area (Å²) in [5.41, 5.74) is 2.46. The molecule has 1 heterocycles. The molecule has 20 heavy (non-hydrogen) atoms. The van der Waals surface area contributed by atoms with Crippen molar-refractivity contribution < 1.29 is 5.11 Å². The second-order valence-electron chi connectivity index (χ2n) is 6.62. The number of β-amino-alcohol motifs (C(OH)–C–C–N with tert-alkyl or cyclic N) is 1. The molecule has 0 amide bonds. The molecule has 2 rings (SSSR count). The molecule has 0 saturated carbocycles. The highest BCUT2D eigenvalue weighted by Gasteiger charge is 2.21. The summed E-state index contributed by atoms with van der Waals surface area (Å²) < 4.78 is 0. The smallest absolute Gasteiger partial charge is 0.0715 e. The second kappa shape index (κ2) is 6.33. The van der Waals surface area contributed by atoms with E-state index in [4.69, 9.17) is 11.6 Å². The molecule has 0 aliphatic carbocycles. The molecule has 1 atom stereocenters. The second-order valence-corrected chi connectivity index (χ2v) is 7.06. The summed E-state index contributed by atoms with van der Waals surface area (Å²) in [6, 6.07) is 6.03. The van der Waals surface area contributed by atoms with Crippen LogP contribution in [0.1, 0.15) is 39.2 Å². The van der Waals surface area contributed by atoms with Crippen LogP contribution in [0.4, 0.5) is 5.69 Å². The third-order valence-corrected chi connectivity index (χ3v) is 3.83. The first-order valence-electron chi connectivity index (χ1n) is 7.31. The summed E-state index contributed by atoms with van der Waals surface area (Å²) >= 11 is 6.15. The van der Waals surface area contributed by atoms with Crippen LogP contribution < -0.4 is 10.2 Å². The molecule has 1 fully saturated rings. The maximum atomic E-state index is 9.87. The van der Waals surface area contributed by atoms with Crippen molar-refractivity contribution in [1.82, 2.24) is 5.32 Å². The highest BCUT2D eigenvalue weighted by atomic mass is 35.5. The van der Waals surface area contributed by atoms with Gasteiger partial charge in [0.1, 0.15) is 0 Å². The average Bonchev–Trinajstić information content (AvgIpc) is 2.36. The zero-order chi connectivity index (χ0) is 14.8. The molecule has 3 nitrogen and oxygen atoms in total. The van der Waals surface area contributed by atoms with Crippen LogP contribution in [0, 0.1) is 0 Å². The van der Waals surface area contributed by atoms with Crippen molar-refractivity contribution in [3.8, 4) is 0 Å². The standard InChI is InChI=1S/C16H25ClN2O/c1-16(2,3)18-10-12-6-7-13(17)9-15(12)19-8-4-5-14(20)11-19/h6-7,9,14,18,20H,4-5,8,10-11H2,1-3H3. The molecule has 1 aromatic rings. The number of anilines is 1. The molecule has 0 bridgehead atoms. The number of nitrogens with one attached hydrogen (secondary N) is 1. The van der Waals surface area contributed by atoms with Crippen molar-refractivity contribution in [2.45, 2.75) is 51.8 Å². The Labute approximate surface area is 126 Å². The number of halogens is 1. The fraction of sp³-hybridized carbons (Fsp3) is 0.625. The molecule has 2 N–H and O–H groups in total. The van der Waals surface area contributed by atoms with Gasteiger partial charge in [0.25, 0.3) is 0 Å². The van der Waals surface area contributed by atoms with Crippen molar-refractivity contribution in [1.29, 1.82) is 0 Å². The Morgan fingerprint density at radius 2 is 2.15 bits per heavy atom. The minimum atomic E-state index is -0.230. The zero-order valence-corrected chi connectivity index (χ0v) is 13.4. The molecule has 1 aromatic carbocycles. The minimum absolute atomic E-state index is 0.0817. The Balaban J connectivity index is 2.19. The van der Waals surface area contributed by atoms with Crippen molar-refractivity contribution in [2.75, 3.05) is 18.0 Å². The van der Waals surface area contributed by atoms with Gasteiger partial charge in [-0.2, -0.15) is 0 Å². The third kappa shape index (κ3) is 4.37. The molecule has 1 unspecified atom stereocenters. The Bertz CT molecular complexity index is 456. The van der Waals surface area contributed by atoms with Gasteiger partial charge in [-0.05, 0) is 51.3 Å². The van der Waals surface area contributed by atoms with Crippen LogP contribution in [0.25, 0.3) is 0 Å². The summed E-state index contributed by atoms with van der Waals surface area (Å²) in [5.74, 6) is 0. The van der Waals surface area contributed by atoms with E-state index in [0.29, 0.717) is 6.54 Å². The number of rotatable bonds is 3. The van der Waals surface area contributed by atoms with Gasteiger partial charge in [-0.1, -0.05) is 17.7 Å². The van der Waals surface area contributed by atoms with Gasteiger partial charge in [0.05, 0.1) is 6.10 Å². The maximum absolute atomic E-state index is 9.87. The third-order valence-electron chi connectivity index (χ3n) is 3.59. The van der Waals surface area contributed by atoms with Crippen LogP contribution in [0.3, 0.4) is 0 Å². The Morgan fingerprint density at radius 1 is 1.40 bits per heavy atom. The van der Waals surface area contributed by atoms with E-state index in [1.54, 1.807) is 0 Å². The van der Waals surface area contributed by atoms with Gasteiger partial charge in [0.15, 0.2) is 0 Å². The van der Waals surface area contributed by atoms with E-state index in [2.05, 4.69) is 37.1 Å². The first-order valence-corrected chi connectivity index (χ1v) is 7.69. The predicted octanol–water partition coefficient (Wildman–Crippen LogP) is 3.19. The van der Waals surface area contributed by atoms with E-state index < -0.39 is 0 Å². The van der Waals surface area contributed by atoms with Crippen LogP contribution in [0.5, 0.6) is 0 Å². The molecule has 1 aliphatic rings. The molecule has 1 saturated heterocycles. The highest BCUT2D eigenvalue weighted by Crippen LogP contribution is 2.28. The summed E-state index contributed by atoms with van der Waals surface area (Å²) in [6.07, 6.45) is 1.69. The molecular weight excluding hydrogens is 272 g/mol. The molecule has 1 aliphatic heterocycles. The minimum Gasteiger partial charge on any atom is -0.391 e. The van der Waals surface area contributed by atoms with Gasteiger partial charge in [-0.3, -0.25) is 0 Å². The van der Waals surface area contributed by atoms with E-state index in [0.717, 1.165) is 36.6 Å². The van der Waals surface area contributed by atoms with E-state index >= 15 is 0 Å². The number of benzene rings is 1. The molecular formula is C16H25ClN2O. The molecule has 4 heteroatoms. The first-order chi connectivity index (χ1) is 9.35. The fourth-order valence-electron chi connectivity index (χ4n) is 2.51. The topological polar surface area (TPSA) is 35.5 Å². The summed E-state index contributed by atoms with van der Waals surface area (Å²) in [4.78, 5) is 2.25. The monoisotopic (exact) mass is 296 g/mol. The SMILES string of the molecule is CC(C)(C)NCc1ccc(Cl)cc1N1CCCC(O)C1. The van der Waals surface area contributed by atoms with Crippen molar-refractivity contribution >= 4 is 17.3 Å². The number of aliphatic hydroxyl groups is 1. The number of piperidine rings is 1. The molecule has 0 aromatic heterocycles. The lowest BCUT2D eigenvalue weighted by Crippen LogP contribution is -2.40. The quantitative estimate of drug-likeness (QED) is 0.899. The van der Waals surface area contributed by atoms with Gasteiger partial charge in [0, 0.05) is 35.9 Å². The Kier molecular flexibility index (Phi) is 4.95. The van der Waals surface area contributed by atoms with E-state index in [1.165, 1.54) is 5.56 Å². The normalized spacial score (nSPS) is 20.2. The van der Waals surface area contributed by atoms with Gasteiger partial charge in [0.2, 0.25) is 0 Å². The number of hydrogen-bond donors (Lipinski definition) is 2. The Morgan fingerprint density at radius 3 is 2.80 bits per heavy atom. The Hall–Kier alpha value is -0.770. The lowest BCUT2D eigenvalue weighted by Gasteiger charge is -2.34. The van der Waals surface area contributed by atoms with E-state index in [1.807, 2.05) is 12.1 Å². The van der Waals surface area contributed by atoms with Crippen molar-refractivity contribution in [2.24, 2.45) is 0 Å². The lowest BCUT2D eigenvalue weighted by molar-refractivity contribution is 0.154. The highest BCUT2D eigenvalue weighted by molar-refractivity contribution is 6.30. The lowest BCUT2D eigenvalue weighted by atomic mass is 10.0. The average molecular weight is 297 g/mol. The number of aliphatic hydroxyl groups excluding tert-OH is 1. The van der Waals surface area contributed by atoms with Crippen LogP contribution >= 0.6 is 11.6 Å². The van der Waals surface area contributed by atoms with Crippen molar-refractivity contribution in [3.63, 3.8) is 0 Å². The van der Waals surface area contributed by atoms with Gasteiger partial charge >= 0.3 is 0 Å². The number of nitrogens with zero attached hydrogens (tertiary/aromatic N) is 1. The predicted molar refractivity (Wildman–Crippen MR) is 85.5 cm³/mol. The van der Waals surface area contributed by atoms with Crippen LogP contribution in [0.2, 0.25) is 5.02 Å². The first kappa shape index (κ1) is 15.6. The number of hydrogen-bond acceptors (Lipinski definition) is 3. The van der Waals surface area contributed by atoms with Crippen LogP contribution in [0.15, 0.2) is 18.2 Å². The van der Waals surface area contributed by atoms with Crippen LogP contribution in [-0.2, 0) is 6.54 Å². The van der Waals surface area contributed by atoms with Gasteiger partial charge in [-0.15, -0.1) is 0 Å². The van der Waals surface area contributed by atoms with Gasteiger partial charge in [-0.25, -0.2) is 0 Å². The largest absolute Gasteiger partial charge is 0.391 e. The summed E-state index contributed by atoms with van der Waals surface area (Å²) in [5, 5.41) is 14.1. The van der Waals surface area contributed by atoms with Crippen LogP contribution in [-0.4, -0.2) is 29.8 Å². The van der Waals surface area contributed by atoms with E-state index in [-0.39, 0.29) is 11.6 Å². The summed E-state index contributed by atoms with van der Waals surface area (Å²) in [7, 11) is 0. The van der Waals surface area contributed by atoms with Gasteiger partial charge < -0.3 is 15.3 Å². The molecule has 0 spiro atoms. The molecule has 112 valence electrons.